The standard InChI is InChI=1S/C16H25FN2O2/c1-15(2,3)10-18-11-7-8-12(17)13(9-11)19-14(20)21-16(4,5)6/h7-9,18H,10H2,1-6H3,(H,19,20). The first-order chi connectivity index (χ1) is 9.46. The molecule has 0 heterocycles. The summed E-state index contributed by atoms with van der Waals surface area (Å²) < 4.78 is 18.9. The van der Waals surface area contributed by atoms with Gasteiger partial charge in [-0.15, -0.1) is 0 Å². The van der Waals surface area contributed by atoms with E-state index in [2.05, 4.69) is 31.4 Å². The monoisotopic (exact) mass is 296 g/mol. The molecule has 2 N–H and O–H groups in total. The number of anilines is 2. The van der Waals surface area contributed by atoms with Crippen molar-refractivity contribution >= 4 is 17.5 Å². The van der Waals surface area contributed by atoms with Crippen molar-refractivity contribution in [3.8, 4) is 0 Å². The van der Waals surface area contributed by atoms with Crippen LogP contribution in [0.15, 0.2) is 18.2 Å². The molecule has 0 spiro atoms. The Balaban J connectivity index is 2.76. The van der Waals surface area contributed by atoms with Gasteiger partial charge in [-0.2, -0.15) is 0 Å². The van der Waals surface area contributed by atoms with Crippen LogP contribution in [-0.2, 0) is 4.74 Å². The molecule has 21 heavy (non-hydrogen) atoms. The van der Waals surface area contributed by atoms with Crippen molar-refractivity contribution in [2.24, 2.45) is 5.41 Å². The van der Waals surface area contributed by atoms with Crippen LogP contribution in [0.1, 0.15) is 41.5 Å². The van der Waals surface area contributed by atoms with Crippen LogP contribution in [0.25, 0.3) is 0 Å². The highest BCUT2D eigenvalue weighted by Gasteiger charge is 2.17. The molecule has 1 rings (SSSR count). The fourth-order valence-corrected chi connectivity index (χ4v) is 1.51. The van der Waals surface area contributed by atoms with Gasteiger partial charge in [0.05, 0.1) is 5.69 Å². The molecule has 0 saturated carbocycles. The number of halogens is 1. The van der Waals surface area contributed by atoms with Crippen molar-refractivity contribution in [1.29, 1.82) is 0 Å². The Morgan fingerprint density at radius 1 is 1.19 bits per heavy atom. The number of carbonyl (C=O) groups excluding carboxylic acids is 1. The predicted molar refractivity (Wildman–Crippen MR) is 84.2 cm³/mol. The van der Waals surface area contributed by atoms with E-state index in [9.17, 15) is 9.18 Å². The number of nitrogens with one attached hydrogen (secondary N) is 2. The zero-order valence-electron chi connectivity index (χ0n) is 13.6. The molecule has 0 fully saturated rings. The van der Waals surface area contributed by atoms with E-state index in [1.54, 1.807) is 32.9 Å². The first kappa shape index (κ1) is 17.3. The van der Waals surface area contributed by atoms with E-state index in [0.717, 1.165) is 12.2 Å². The highest BCUT2D eigenvalue weighted by Crippen LogP contribution is 2.22. The van der Waals surface area contributed by atoms with E-state index >= 15 is 0 Å². The molecular formula is C16H25FN2O2. The van der Waals surface area contributed by atoms with Gasteiger partial charge in [-0.25, -0.2) is 9.18 Å². The van der Waals surface area contributed by atoms with Crippen LogP contribution in [-0.4, -0.2) is 18.2 Å². The summed E-state index contributed by atoms with van der Waals surface area (Å²) in [5.74, 6) is -0.498. The summed E-state index contributed by atoms with van der Waals surface area (Å²) in [6.45, 7) is 12.3. The number of benzene rings is 1. The van der Waals surface area contributed by atoms with E-state index in [4.69, 9.17) is 4.74 Å². The second-order valence-corrected chi connectivity index (χ2v) is 7.24. The lowest BCUT2D eigenvalue weighted by Crippen LogP contribution is -2.27. The molecule has 0 aliphatic heterocycles. The Morgan fingerprint density at radius 3 is 2.33 bits per heavy atom. The van der Waals surface area contributed by atoms with Gasteiger partial charge in [-0.1, -0.05) is 20.8 Å². The number of hydrogen-bond acceptors (Lipinski definition) is 3. The third kappa shape index (κ3) is 6.97. The molecule has 1 amide bonds. The van der Waals surface area contributed by atoms with Gasteiger partial charge in [-0.3, -0.25) is 5.32 Å². The maximum absolute atomic E-state index is 13.7. The molecule has 0 aliphatic rings. The number of hydrogen-bond donors (Lipinski definition) is 2. The van der Waals surface area contributed by atoms with E-state index in [1.165, 1.54) is 6.07 Å². The molecule has 0 saturated heterocycles. The Morgan fingerprint density at radius 2 is 1.81 bits per heavy atom. The van der Waals surface area contributed by atoms with Crippen LogP contribution in [0.5, 0.6) is 0 Å². The van der Waals surface area contributed by atoms with Gasteiger partial charge >= 0.3 is 6.09 Å². The van der Waals surface area contributed by atoms with E-state index in [0.29, 0.717) is 0 Å². The highest BCUT2D eigenvalue weighted by molar-refractivity contribution is 5.85. The Hall–Kier alpha value is -1.78. The molecule has 0 aliphatic carbocycles. The zero-order valence-corrected chi connectivity index (χ0v) is 13.6. The summed E-state index contributed by atoms with van der Waals surface area (Å²) in [5, 5.41) is 5.64. The molecule has 0 bridgehead atoms. The molecule has 4 nitrogen and oxygen atoms in total. The lowest BCUT2D eigenvalue weighted by molar-refractivity contribution is 0.0635. The molecular weight excluding hydrogens is 271 g/mol. The fraction of sp³-hybridized carbons (Fsp3) is 0.562. The van der Waals surface area contributed by atoms with Crippen molar-refractivity contribution in [2.75, 3.05) is 17.2 Å². The topological polar surface area (TPSA) is 50.4 Å². The second-order valence-electron chi connectivity index (χ2n) is 7.24. The first-order valence-corrected chi connectivity index (χ1v) is 7.00. The Bertz CT molecular complexity index is 502. The average molecular weight is 296 g/mol. The summed E-state index contributed by atoms with van der Waals surface area (Å²) in [5.41, 5.74) is 0.330. The number of ether oxygens (including phenoxy) is 1. The van der Waals surface area contributed by atoms with E-state index < -0.39 is 17.5 Å². The zero-order chi connectivity index (χ0) is 16.3. The van der Waals surface area contributed by atoms with Gasteiger partial charge in [0, 0.05) is 12.2 Å². The maximum atomic E-state index is 13.7. The minimum Gasteiger partial charge on any atom is -0.444 e. The number of rotatable bonds is 3. The number of amides is 1. The minimum absolute atomic E-state index is 0.100. The SMILES string of the molecule is CC(C)(C)CNc1ccc(F)c(NC(=O)OC(C)(C)C)c1. The number of carbonyl (C=O) groups is 1. The van der Waals surface area contributed by atoms with Crippen LogP contribution >= 0.6 is 0 Å². The molecule has 1 aromatic carbocycles. The minimum atomic E-state index is -0.672. The first-order valence-electron chi connectivity index (χ1n) is 7.00. The van der Waals surface area contributed by atoms with Crippen LogP contribution in [0.3, 0.4) is 0 Å². The van der Waals surface area contributed by atoms with E-state index in [1.807, 2.05) is 0 Å². The normalized spacial score (nSPS) is 12.0. The van der Waals surface area contributed by atoms with Gasteiger partial charge in [-0.05, 0) is 44.4 Å². The largest absolute Gasteiger partial charge is 0.444 e. The van der Waals surface area contributed by atoms with Crippen molar-refractivity contribution in [3.05, 3.63) is 24.0 Å². The van der Waals surface area contributed by atoms with Gasteiger partial charge in [0.1, 0.15) is 11.4 Å². The molecule has 0 atom stereocenters. The molecule has 0 unspecified atom stereocenters. The predicted octanol–water partition coefficient (Wildman–Crippen LogP) is 4.63. The second kappa shape index (κ2) is 6.33. The fourth-order valence-electron chi connectivity index (χ4n) is 1.51. The molecule has 1 aromatic rings. The van der Waals surface area contributed by atoms with Crippen LogP contribution < -0.4 is 10.6 Å². The van der Waals surface area contributed by atoms with Crippen molar-refractivity contribution < 1.29 is 13.9 Å². The summed E-state index contributed by atoms with van der Waals surface area (Å²) in [7, 11) is 0. The van der Waals surface area contributed by atoms with E-state index in [-0.39, 0.29) is 11.1 Å². The third-order valence-electron chi connectivity index (χ3n) is 2.42. The average Bonchev–Trinajstić information content (AvgIpc) is 2.26. The van der Waals surface area contributed by atoms with Gasteiger partial charge < -0.3 is 10.1 Å². The van der Waals surface area contributed by atoms with Gasteiger partial charge in [0.15, 0.2) is 0 Å². The maximum Gasteiger partial charge on any atom is 0.412 e. The third-order valence-corrected chi connectivity index (χ3v) is 2.42. The van der Waals surface area contributed by atoms with Gasteiger partial charge in [0.25, 0.3) is 0 Å². The molecule has 0 aromatic heterocycles. The summed E-state index contributed by atoms with van der Waals surface area (Å²) in [6, 6.07) is 4.52. The Kier molecular flexibility index (Phi) is 5.20. The molecule has 118 valence electrons. The van der Waals surface area contributed by atoms with Gasteiger partial charge in [0.2, 0.25) is 0 Å². The lowest BCUT2D eigenvalue weighted by Gasteiger charge is -2.21. The van der Waals surface area contributed by atoms with Crippen LogP contribution in [0.4, 0.5) is 20.6 Å². The van der Waals surface area contributed by atoms with Crippen molar-refractivity contribution in [3.63, 3.8) is 0 Å². The quantitative estimate of drug-likeness (QED) is 0.855. The lowest BCUT2D eigenvalue weighted by atomic mass is 9.97. The Labute approximate surface area is 126 Å². The van der Waals surface area contributed by atoms with Crippen molar-refractivity contribution in [1.82, 2.24) is 0 Å². The molecule has 0 radical (unpaired) electrons. The summed E-state index contributed by atoms with van der Waals surface area (Å²) >= 11 is 0. The summed E-state index contributed by atoms with van der Waals surface area (Å²) in [6.07, 6.45) is -0.672. The van der Waals surface area contributed by atoms with Crippen LogP contribution in [0.2, 0.25) is 0 Å². The van der Waals surface area contributed by atoms with Crippen LogP contribution in [0, 0.1) is 11.2 Å². The summed E-state index contributed by atoms with van der Waals surface area (Å²) in [4.78, 5) is 11.7. The van der Waals surface area contributed by atoms with Crippen molar-refractivity contribution in [2.45, 2.75) is 47.1 Å². The highest BCUT2D eigenvalue weighted by atomic mass is 19.1. The smallest absolute Gasteiger partial charge is 0.412 e. The molecule has 5 heteroatoms.